The fraction of sp³-hybridized carbons (Fsp3) is 0.455. The Morgan fingerprint density at radius 3 is 2.87 bits per heavy atom. The summed E-state index contributed by atoms with van der Waals surface area (Å²) in [4.78, 5) is 0. The van der Waals surface area contributed by atoms with Crippen LogP contribution in [-0.4, -0.2) is 12.1 Å². The van der Waals surface area contributed by atoms with Crippen molar-refractivity contribution in [3.63, 3.8) is 0 Å². The highest BCUT2D eigenvalue weighted by Crippen LogP contribution is 2.26. The quantitative estimate of drug-likeness (QED) is 0.741. The molecule has 1 aliphatic heterocycles. The highest BCUT2D eigenvalue weighted by atomic mass is 35.5. The lowest BCUT2D eigenvalue weighted by atomic mass is 10.1. The molecule has 0 saturated carbocycles. The van der Waals surface area contributed by atoms with Gasteiger partial charge in [-0.15, -0.1) is 12.4 Å². The fourth-order valence-corrected chi connectivity index (χ4v) is 1.62. The second kappa shape index (κ2) is 4.37. The molecule has 0 bridgehead atoms. The second-order valence-electron chi connectivity index (χ2n) is 4.22. The molecule has 0 aromatic heterocycles. The molecular weight excluding hydrogens is 217 g/mol. The van der Waals surface area contributed by atoms with Gasteiger partial charge in [0, 0.05) is 18.7 Å². The van der Waals surface area contributed by atoms with Crippen molar-refractivity contribution in [2.24, 2.45) is 0 Å². The van der Waals surface area contributed by atoms with Crippen LogP contribution in [0.15, 0.2) is 18.2 Å². The van der Waals surface area contributed by atoms with Crippen molar-refractivity contribution in [2.45, 2.75) is 26.0 Å². The van der Waals surface area contributed by atoms with E-state index in [1.165, 1.54) is 12.1 Å². The lowest BCUT2D eigenvalue weighted by Gasteiger charge is -2.24. The lowest BCUT2D eigenvalue weighted by molar-refractivity contribution is 0.115. The molecule has 0 amide bonds. The summed E-state index contributed by atoms with van der Waals surface area (Å²) in [5, 5.41) is 3.23. The van der Waals surface area contributed by atoms with E-state index in [4.69, 9.17) is 4.74 Å². The van der Waals surface area contributed by atoms with Gasteiger partial charge in [-0.25, -0.2) is 4.39 Å². The van der Waals surface area contributed by atoms with Crippen LogP contribution < -0.4 is 10.1 Å². The number of ether oxygens (including phenoxy) is 1. The van der Waals surface area contributed by atoms with E-state index in [-0.39, 0.29) is 23.8 Å². The predicted octanol–water partition coefficient (Wildman–Crippen LogP) is 2.51. The zero-order chi connectivity index (χ0) is 10.2. The highest BCUT2D eigenvalue weighted by Gasteiger charge is 2.24. The lowest BCUT2D eigenvalue weighted by Crippen LogP contribution is -2.37. The van der Waals surface area contributed by atoms with Crippen LogP contribution in [0.1, 0.15) is 19.4 Å². The van der Waals surface area contributed by atoms with Crippen LogP contribution >= 0.6 is 12.4 Å². The van der Waals surface area contributed by atoms with Gasteiger partial charge in [0.1, 0.15) is 17.2 Å². The minimum absolute atomic E-state index is 0. The molecule has 4 heteroatoms. The number of fused-ring (bicyclic) bond motifs is 1. The molecule has 1 heterocycles. The third kappa shape index (κ3) is 2.83. The fourth-order valence-electron chi connectivity index (χ4n) is 1.62. The van der Waals surface area contributed by atoms with E-state index in [1.54, 1.807) is 6.07 Å². The van der Waals surface area contributed by atoms with Crippen LogP contribution in [-0.2, 0) is 6.54 Å². The number of halogens is 2. The zero-order valence-electron chi connectivity index (χ0n) is 8.84. The van der Waals surface area contributed by atoms with Crippen molar-refractivity contribution < 1.29 is 9.13 Å². The molecule has 1 aromatic carbocycles. The monoisotopic (exact) mass is 231 g/mol. The minimum atomic E-state index is -0.233. The van der Waals surface area contributed by atoms with Crippen molar-refractivity contribution >= 4 is 12.4 Å². The Labute approximate surface area is 95.2 Å². The van der Waals surface area contributed by atoms with E-state index in [1.807, 2.05) is 13.8 Å². The SMILES string of the molecule is CC1(C)CNCc2cc(F)ccc2O1.Cl. The number of benzene rings is 1. The van der Waals surface area contributed by atoms with Crippen LogP contribution in [0.4, 0.5) is 4.39 Å². The van der Waals surface area contributed by atoms with Gasteiger partial charge in [0.05, 0.1) is 0 Å². The Morgan fingerprint density at radius 1 is 1.40 bits per heavy atom. The molecule has 1 N–H and O–H groups in total. The van der Waals surface area contributed by atoms with Crippen LogP contribution in [0.3, 0.4) is 0 Å². The van der Waals surface area contributed by atoms with Gasteiger partial charge < -0.3 is 10.1 Å². The Kier molecular flexibility index (Phi) is 3.58. The van der Waals surface area contributed by atoms with Crippen molar-refractivity contribution in [3.8, 4) is 5.75 Å². The van der Waals surface area contributed by atoms with E-state index < -0.39 is 0 Å². The topological polar surface area (TPSA) is 21.3 Å². The summed E-state index contributed by atoms with van der Waals surface area (Å²) < 4.78 is 18.7. The number of hydrogen-bond acceptors (Lipinski definition) is 2. The van der Waals surface area contributed by atoms with Crippen LogP contribution in [0.5, 0.6) is 5.75 Å². The first-order valence-corrected chi connectivity index (χ1v) is 4.75. The number of hydrogen-bond donors (Lipinski definition) is 1. The number of rotatable bonds is 0. The molecule has 0 aliphatic carbocycles. The summed E-state index contributed by atoms with van der Waals surface area (Å²) in [6.45, 7) is 5.46. The normalized spacial score (nSPS) is 18.1. The standard InChI is InChI=1S/C11H14FNO.ClH/c1-11(2)7-13-6-8-5-9(12)3-4-10(8)14-11;/h3-5,13H,6-7H2,1-2H3;1H. The molecular formula is C11H15ClFNO. The van der Waals surface area contributed by atoms with E-state index in [0.29, 0.717) is 6.54 Å². The average molecular weight is 232 g/mol. The molecule has 0 radical (unpaired) electrons. The summed E-state index contributed by atoms with van der Waals surface area (Å²) >= 11 is 0. The van der Waals surface area contributed by atoms with Crippen LogP contribution in [0.2, 0.25) is 0 Å². The van der Waals surface area contributed by atoms with Gasteiger partial charge in [0.25, 0.3) is 0 Å². The van der Waals surface area contributed by atoms with Crippen molar-refractivity contribution in [1.29, 1.82) is 0 Å². The number of nitrogens with one attached hydrogen (secondary N) is 1. The predicted molar refractivity (Wildman–Crippen MR) is 60.1 cm³/mol. The molecule has 2 nitrogen and oxygen atoms in total. The third-order valence-electron chi connectivity index (χ3n) is 2.27. The van der Waals surface area contributed by atoms with Gasteiger partial charge in [0.15, 0.2) is 0 Å². The van der Waals surface area contributed by atoms with Crippen LogP contribution in [0, 0.1) is 5.82 Å². The van der Waals surface area contributed by atoms with Gasteiger partial charge in [-0.2, -0.15) is 0 Å². The molecule has 2 rings (SSSR count). The summed E-state index contributed by atoms with van der Waals surface area (Å²) in [6, 6.07) is 4.64. The molecule has 1 aliphatic rings. The van der Waals surface area contributed by atoms with Gasteiger partial charge in [-0.1, -0.05) is 0 Å². The third-order valence-corrected chi connectivity index (χ3v) is 2.27. The van der Waals surface area contributed by atoms with E-state index in [2.05, 4.69) is 5.32 Å². The molecule has 1 aromatic rings. The van der Waals surface area contributed by atoms with Crippen molar-refractivity contribution in [2.75, 3.05) is 6.54 Å². The molecule has 0 unspecified atom stereocenters. The molecule has 0 atom stereocenters. The van der Waals surface area contributed by atoms with Crippen molar-refractivity contribution in [3.05, 3.63) is 29.6 Å². The first kappa shape index (κ1) is 12.3. The molecule has 84 valence electrons. The maximum absolute atomic E-state index is 12.9. The van der Waals surface area contributed by atoms with Gasteiger partial charge in [0.2, 0.25) is 0 Å². The first-order valence-electron chi connectivity index (χ1n) is 4.75. The maximum atomic E-state index is 12.9. The summed E-state index contributed by atoms with van der Waals surface area (Å²) in [5.74, 6) is 0.565. The Morgan fingerprint density at radius 2 is 2.13 bits per heavy atom. The van der Waals surface area contributed by atoms with E-state index in [0.717, 1.165) is 17.9 Å². The highest BCUT2D eigenvalue weighted by molar-refractivity contribution is 5.85. The van der Waals surface area contributed by atoms with Crippen LogP contribution in [0.25, 0.3) is 0 Å². The average Bonchev–Trinajstić information content (AvgIpc) is 2.22. The molecule has 0 saturated heterocycles. The summed E-state index contributed by atoms with van der Waals surface area (Å²) in [6.07, 6.45) is 0. The summed E-state index contributed by atoms with van der Waals surface area (Å²) in [5.41, 5.74) is 0.652. The Bertz CT molecular complexity index is 354. The summed E-state index contributed by atoms with van der Waals surface area (Å²) in [7, 11) is 0. The Balaban J connectivity index is 0.00000112. The smallest absolute Gasteiger partial charge is 0.124 e. The molecule has 0 spiro atoms. The van der Waals surface area contributed by atoms with Crippen molar-refractivity contribution in [1.82, 2.24) is 5.32 Å². The second-order valence-corrected chi connectivity index (χ2v) is 4.22. The Hall–Kier alpha value is -0.800. The van der Waals surface area contributed by atoms with E-state index in [9.17, 15) is 4.39 Å². The first-order chi connectivity index (χ1) is 6.57. The van der Waals surface area contributed by atoms with E-state index >= 15 is 0 Å². The van der Waals surface area contributed by atoms with Gasteiger partial charge >= 0.3 is 0 Å². The van der Waals surface area contributed by atoms with Gasteiger partial charge in [-0.3, -0.25) is 0 Å². The molecule has 0 fully saturated rings. The largest absolute Gasteiger partial charge is 0.486 e. The maximum Gasteiger partial charge on any atom is 0.124 e. The van der Waals surface area contributed by atoms with Gasteiger partial charge in [-0.05, 0) is 32.0 Å². The minimum Gasteiger partial charge on any atom is -0.486 e. The molecule has 15 heavy (non-hydrogen) atoms. The zero-order valence-corrected chi connectivity index (χ0v) is 9.66.